The molecule has 9 heteroatoms. The zero-order chi connectivity index (χ0) is 21.6. The molecule has 2 aromatic rings. The molecule has 29 heavy (non-hydrogen) atoms. The minimum absolute atomic E-state index is 0.0117. The van der Waals surface area contributed by atoms with Crippen molar-refractivity contribution >= 4 is 61.0 Å². The van der Waals surface area contributed by atoms with Crippen molar-refractivity contribution in [3.8, 4) is 5.75 Å². The molecule has 0 atom stereocenters. The molecule has 6 nitrogen and oxygen atoms in total. The predicted molar refractivity (Wildman–Crippen MR) is 124 cm³/mol. The summed E-state index contributed by atoms with van der Waals surface area (Å²) in [5.74, 6) is -0.296. The molecule has 2 rings (SSSR count). The van der Waals surface area contributed by atoms with Gasteiger partial charge in [-0.05, 0) is 79.3 Å². The number of thiocarbonyl (C=S) groups is 1. The predicted octanol–water partition coefficient (Wildman–Crippen LogP) is 4.22. The maximum absolute atomic E-state index is 12.2. The molecule has 0 saturated heterocycles. The van der Waals surface area contributed by atoms with E-state index in [2.05, 4.69) is 68.8 Å². The second-order valence-electron chi connectivity index (χ2n) is 7.12. The van der Waals surface area contributed by atoms with Crippen LogP contribution < -0.4 is 20.9 Å². The van der Waals surface area contributed by atoms with Crippen LogP contribution in [0.4, 0.5) is 0 Å². The lowest BCUT2D eigenvalue weighted by atomic mass is 9.87. The normalized spacial score (nSPS) is 10.8. The number of benzene rings is 2. The third-order valence-electron chi connectivity index (χ3n) is 3.82. The van der Waals surface area contributed by atoms with Crippen LogP contribution in [0, 0.1) is 0 Å². The van der Waals surface area contributed by atoms with E-state index in [1.54, 1.807) is 24.3 Å². The molecule has 0 aliphatic heterocycles. The second kappa shape index (κ2) is 10.2. The molecule has 0 radical (unpaired) electrons. The number of hydrazine groups is 1. The van der Waals surface area contributed by atoms with Gasteiger partial charge in [-0.3, -0.25) is 25.8 Å². The molecule has 2 amide bonds. The Bertz CT molecular complexity index is 929. The largest absolute Gasteiger partial charge is 0.483 e. The van der Waals surface area contributed by atoms with E-state index in [4.69, 9.17) is 17.0 Å². The van der Waals surface area contributed by atoms with E-state index >= 15 is 0 Å². The van der Waals surface area contributed by atoms with Gasteiger partial charge in [-0.2, -0.15) is 0 Å². The Labute approximate surface area is 192 Å². The molecule has 0 bridgehead atoms. The Balaban J connectivity index is 1.80. The Hall–Kier alpha value is -1.97. The van der Waals surface area contributed by atoms with Crippen molar-refractivity contribution in [2.75, 3.05) is 6.61 Å². The lowest BCUT2D eigenvalue weighted by molar-refractivity contribution is -0.123. The summed E-state index contributed by atoms with van der Waals surface area (Å²) in [5.41, 5.74) is 6.44. The summed E-state index contributed by atoms with van der Waals surface area (Å²) in [6, 6.07) is 12.7. The summed E-state index contributed by atoms with van der Waals surface area (Å²) in [5, 5.41) is 2.45. The fourth-order valence-corrected chi connectivity index (χ4v) is 3.34. The highest BCUT2D eigenvalue weighted by molar-refractivity contribution is 9.10. The van der Waals surface area contributed by atoms with Crippen molar-refractivity contribution in [3.05, 3.63) is 62.5 Å². The fraction of sp³-hybridized carbons (Fsp3) is 0.250. The lowest BCUT2D eigenvalue weighted by Gasteiger charge is -2.20. The van der Waals surface area contributed by atoms with E-state index in [1.807, 2.05) is 18.2 Å². The number of halogens is 2. The minimum Gasteiger partial charge on any atom is -0.483 e. The molecule has 0 heterocycles. The van der Waals surface area contributed by atoms with Gasteiger partial charge in [0.1, 0.15) is 5.75 Å². The lowest BCUT2D eigenvalue weighted by Crippen LogP contribution is -2.49. The molecule has 0 saturated carbocycles. The number of amides is 2. The van der Waals surface area contributed by atoms with Crippen LogP contribution in [0.5, 0.6) is 5.75 Å². The fourth-order valence-electron chi connectivity index (χ4n) is 2.24. The van der Waals surface area contributed by atoms with Crippen LogP contribution in [-0.2, 0) is 10.2 Å². The highest BCUT2D eigenvalue weighted by Gasteiger charge is 2.16. The molecule has 0 fully saturated rings. The van der Waals surface area contributed by atoms with Crippen molar-refractivity contribution in [2.24, 2.45) is 0 Å². The molecule has 154 valence electrons. The van der Waals surface area contributed by atoms with Crippen molar-refractivity contribution < 1.29 is 14.3 Å². The van der Waals surface area contributed by atoms with E-state index in [1.165, 1.54) is 0 Å². The standard InChI is InChI=1S/C20H21Br2N3O3S/c1-20(2,3)12-8-9-16(15(22)10-12)28-11-17(26)24-25-19(29)23-18(27)13-6-4-5-7-14(13)21/h4-10H,11H2,1-3H3,(H,24,26)(H2,23,25,27,29). The highest BCUT2D eigenvalue weighted by Crippen LogP contribution is 2.31. The first kappa shape index (κ1) is 23.3. The summed E-state index contributed by atoms with van der Waals surface area (Å²) in [6.45, 7) is 6.13. The van der Waals surface area contributed by atoms with E-state index in [9.17, 15) is 9.59 Å². The Morgan fingerprint density at radius 3 is 2.34 bits per heavy atom. The van der Waals surface area contributed by atoms with E-state index in [0.29, 0.717) is 15.8 Å². The number of hydrogen-bond donors (Lipinski definition) is 3. The Kier molecular flexibility index (Phi) is 8.18. The summed E-state index contributed by atoms with van der Waals surface area (Å²) < 4.78 is 6.93. The zero-order valence-corrected chi connectivity index (χ0v) is 20.1. The minimum atomic E-state index is -0.450. The van der Waals surface area contributed by atoms with Crippen molar-refractivity contribution in [2.45, 2.75) is 26.2 Å². The van der Waals surface area contributed by atoms with Crippen LogP contribution in [-0.4, -0.2) is 23.5 Å². The first-order chi connectivity index (χ1) is 13.6. The first-order valence-corrected chi connectivity index (χ1v) is 10.6. The molecule has 0 aliphatic rings. The highest BCUT2D eigenvalue weighted by atomic mass is 79.9. The molecule has 0 aliphatic carbocycles. The molecular formula is C20H21Br2N3O3S. The van der Waals surface area contributed by atoms with Gasteiger partial charge < -0.3 is 4.74 Å². The van der Waals surface area contributed by atoms with Crippen LogP contribution in [0.2, 0.25) is 0 Å². The topological polar surface area (TPSA) is 79.5 Å². The van der Waals surface area contributed by atoms with Gasteiger partial charge >= 0.3 is 0 Å². The van der Waals surface area contributed by atoms with E-state index < -0.39 is 11.8 Å². The summed E-state index contributed by atoms with van der Waals surface area (Å²) in [4.78, 5) is 24.1. The monoisotopic (exact) mass is 541 g/mol. The van der Waals surface area contributed by atoms with Gasteiger partial charge in [0.2, 0.25) is 0 Å². The van der Waals surface area contributed by atoms with Gasteiger partial charge in [-0.25, -0.2) is 0 Å². The first-order valence-electron chi connectivity index (χ1n) is 8.65. The molecule has 0 aromatic heterocycles. The molecule has 0 unspecified atom stereocenters. The number of ether oxygens (including phenoxy) is 1. The van der Waals surface area contributed by atoms with E-state index in [-0.39, 0.29) is 17.1 Å². The van der Waals surface area contributed by atoms with Crippen LogP contribution in [0.1, 0.15) is 36.7 Å². The van der Waals surface area contributed by atoms with Gasteiger partial charge in [0.25, 0.3) is 11.8 Å². The third-order valence-corrected chi connectivity index (χ3v) is 5.33. The average molecular weight is 543 g/mol. The SMILES string of the molecule is CC(C)(C)c1ccc(OCC(=O)NNC(=S)NC(=O)c2ccccc2Br)c(Br)c1. The van der Waals surface area contributed by atoms with Gasteiger partial charge in [0, 0.05) is 4.47 Å². The van der Waals surface area contributed by atoms with Crippen LogP contribution in [0.3, 0.4) is 0 Å². The Morgan fingerprint density at radius 2 is 1.72 bits per heavy atom. The van der Waals surface area contributed by atoms with E-state index in [0.717, 1.165) is 10.0 Å². The third kappa shape index (κ3) is 7.09. The Morgan fingerprint density at radius 1 is 1.03 bits per heavy atom. The number of nitrogens with one attached hydrogen (secondary N) is 3. The zero-order valence-electron chi connectivity index (χ0n) is 16.1. The van der Waals surface area contributed by atoms with Crippen molar-refractivity contribution in [1.29, 1.82) is 0 Å². The smallest absolute Gasteiger partial charge is 0.276 e. The number of carbonyl (C=O) groups is 2. The van der Waals surface area contributed by atoms with Gasteiger partial charge in [-0.1, -0.05) is 39.0 Å². The summed E-state index contributed by atoms with van der Waals surface area (Å²) in [7, 11) is 0. The molecule has 2 aromatic carbocycles. The number of hydrogen-bond acceptors (Lipinski definition) is 4. The average Bonchev–Trinajstić information content (AvgIpc) is 2.64. The maximum Gasteiger partial charge on any atom is 0.276 e. The van der Waals surface area contributed by atoms with Gasteiger partial charge in [0.15, 0.2) is 11.7 Å². The van der Waals surface area contributed by atoms with Crippen molar-refractivity contribution in [1.82, 2.24) is 16.2 Å². The van der Waals surface area contributed by atoms with Crippen molar-refractivity contribution in [3.63, 3.8) is 0 Å². The second-order valence-corrected chi connectivity index (χ2v) is 9.24. The van der Waals surface area contributed by atoms with Crippen LogP contribution in [0.25, 0.3) is 0 Å². The van der Waals surface area contributed by atoms with Gasteiger partial charge in [0.05, 0.1) is 10.0 Å². The summed E-state index contributed by atoms with van der Waals surface area (Å²) >= 11 is 11.8. The quantitative estimate of drug-likeness (QED) is 0.398. The maximum atomic E-state index is 12.2. The van der Waals surface area contributed by atoms with Gasteiger partial charge in [-0.15, -0.1) is 0 Å². The molecular weight excluding hydrogens is 522 g/mol. The number of rotatable bonds is 4. The summed E-state index contributed by atoms with van der Waals surface area (Å²) in [6.07, 6.45) is 0. The molecule has 0 spiro atoms. The van der Waals surface area contributed by atoms with Crippen LogP contribution >= 0.6 is 44.1 Å². The number of carbonyl (C=O) groups excluding carboxylic acids is 2. The molecule has 3 N–H and O–H groups in total. The van der Waals surface area contributed by atoms with Crippen LogP contribution in [0.15, 0.2) is 51.4 Å².